The number of nitrogens with zero attached hydrogens (tertiary/aromatic N) is 1. The lowest BCUT2D eigenvalue weighted by atomic mass is 9.56. The van der Waals surface area contributed by atoms with Crippen LogP contribution in [0.3, 0.4) is 0 Å². The molecule has 1 heterocycles. The van der Waals surface area contributed by atoms with Crippen molar-refractivity contribution in [3.8, 4) is 0 Å². The number of hydrogen-bond donors (Lipinski definition) is 0. The van der Waals surface area contributed by atoms with Crippen molar-refractivity contribution in [1.29, 1.82) is 0 Å². The summed E-state index contributed by atoms with van der Waals surface area (Å²) in [6, 6.07) is 8.65. The molecule has 26 heavy (non-hydrogen) atoms. The summed E-state index contributed by atoms with van der Waals surface area (Å²) in [5.74, 6) is 0.794. The van der Waals surface area contributed by atoms with Crippen LogP contribution in [0.5, 0.6) is 0 Å². The lowest BCUT2D eigenvalue weighted by Crippen LogP contribution is -2.54. The summed E-state index contributed by atoms with van der Waals surface area (Å²) in [4.78, 5) is 13.5. The second kappa shape index (κ2) is 7.07. The molecule has 0 amide bonds. The maximum Gasteiger partial charge on any atom is 0.302 e. The molecule has 0 unspecified atom stereocenters. The van der Waals surface area contributed by atoms with Crippen LogP contribution in [-0.4, -0.2) is 33.3 Å². The highest BCUT2D eigenvalue weighted by Gasteiger charge is 2.54. The Bertz CT molecular complexity index is 694. The molecule has 2 aliphatic rings. The molecule has 2 bridgehead atoms. The maximum atomic E-state index is 11.4. The van der Waals surface area contributed by atoms with Crippen LogP contribution in [0.4, 0.5) is 5.69 Å². The number of benzene rings is 1. The highest BCUT2D eigenvalue weighted by molar-refractivity contribution is 5.66. The molecule has 1 aromatic rings. The van der Waals surface area contributed by atoms with Crippen LogP contribution in [0.15, 0.2) is 35.9 Å². The zero-order chi connectivity index (χ0) is 19.1. The van der Waals surface area contributed by atoms with E-state index in [1.165, 1.54) is 23.7 Å². The third kappa shape index (κ3) is 3.16. The Hall–Kier alpha value is -1.81. The molecule has 1 fully saturated rings. The van der Waals surface area contributed by atoms with E-state index < -0.39 is 0 Å². The number of rotatable bonds is 4. The van der Waals surface area contributed by atoms with Crippen molar-refractivity contribution in [3.05, 3.63) is 41.5 Å². The Balaban J connectivity index is 1.91. The monoisotopic (exact) mass is 357 g/mol. The van der Waals surface area contributed by atoms with Gasteiger partial charge in [-0.3, -0.25) is 4.79 Å². The van der Waals surface area contributed by atoms with Gasteiger partial charge >= 0.3 is 5.97 Å². The van der Waals surface area contributed by atoms with Gasteiger partial charge in [-0.2, -0.15) is 0 Å². The van der Waals surface area contributed by atoms with E-state index in [-0.39, 0.29) is 17.5 Å². The predicted molar refractivity (Wildman–Crippen MR) is 104 cm³/mol. The van der Waals surface area contributed by atoms with Gasteiger partial charge in [0.25, 0.3) is 0 Å². The minimum absolute atomic E-state index is 0.0513. The van der Waals surface area contributed by atoms with Crippen LogP contribution < -0.4 is 4.90 Å². The lowest BCUT2D eigenvalue weighted by molar-refractivity contribution is -0.180. The molecule has 4 nitrogen and oxygen atoms in total. The summed E-state index contributed by atoms with van der Waals surface area (Å²) in [5, 5.41) is 0. The van der Waals surface area contributed by atoms with Crippen LogP contribution in [0.25, 0.3) is 0 Å². The molecule has 5 atom stereocenters. The highest BCUT2D eigenvalue weighted by atomic mass is 16.5. The van der Waals surface area contributed by atoms with Gasteiger partial charge in [0, 0.05) is 38.0 Å². The minimum Gasteiger partial charge on any atom is -0.465 e. The van der Waals surface area contributed by atoms with E-state index in [1.54, 1.807) is 0 Å². The van der Waals surface area contributed by atoms with E-state index in [0.29, 0.717) is 31.0 Å². The van der Waals surface area contributed by atoms with E-state index in [2.05, 4.69) is 56.0 Å². The maximum absolute atomic E-state index is 11.4. The molecule has 0 aromatic heterocycles. The van der Waals surface area contributed by atoms with Crippen LogP contribution >= 0.6 is 0 Å². The first-order valence-corrected chi connectivity index (χ1v) is 9.47. The average molecular weight is 357 g/mol. The zero-order valence-electron chi connectivity index (χ0n) is 16.8. The zero-order valence-corrected chi connectivity index (χ0v) is 16.8. The first kappa shape index (κ1) is 19.0. The van der Waals surface area contributed by atoms with Gasteiger partial charge in [-0.25, -0.2) is 0 Å². The van der Waals surface area contributed by atoms with E-state index in [0.717, 1.165) is 0 Å². The summed E-state index contributed by atoms with van der Waals surface area (Å²) in [6.07, 6.45) is 2.41. The molecule has 0 N–H and O–H groups in total. The smallest absolute Gasteiger partial charge is 0.302 e. The predicted octanol–water partition coefficient (Wildman–Crippen LogP) is 4.22. The minimum atomic E-state index is -0.219. The molecule has 1 aliphatic heterocycles. The van der Waals surface area contributed by atoms with Gasteiger partial charge in [0.1, 0.15) is 0 Å². The number of carbonyl (C=O) groups is 1. The third-order valence-electron chi connectivity index (χ3n) is 6.53. The van der Waals surface area contributed by atoms with Crippen molar-refractivity contribution < 1.29 is 14.3 Å². The molecule has 1 aliphatic carbocycles. The molecule has 0 saturated carbocycles. The summed E-state index contributed by atoms with van der Waals surface area (Å²) in [6.45, 7) is 9.25. The van der Waals surface area contributed by atoms with Crippen molar-refractivity contribution in [3.63, 3.8) is 0 Å². The quantitative estimate of drug-likeness (QED) is 0.597. The second-order valence-corrected chi connectivity index (χ2v) is 8.24. The second-order valence-electron chi connectivity index (χ2n) is 8.24. The summed E-state index contributed by atoms with van der Waals surface area (Å²) in [7, 11) is 4.10. The number of hydrogen-bond acceptors (Lipinski definition) is 4. The fourth-order valence-electron chi connectivity index (χ4n) is 4.76. The standard InChI is InChI=1S/C22H31NO3/c1-14-11-15(2)22(12-25-17(4)24)13-26-21(20(14)16(22)3)18-7-9-19(10-8-18)23(5)6/h7-11,15-16,20-21H,12-13H2,1-6H3/t15-,16+,20+,21-,22-/m1/s1. The average Bonchev–Trinajstić information content (AvgIpc) is 2.59. The number of allylic oxidation sites excluding steroid dienone is 1. The van der Waals surface area contributed by atoms with Gasteiger partial charge in [-0.05, 0) is 36.5 Å². The van der Waals surface area contributed by atoms with Gasteiger partial charge in [-0.1, -0.05) is 37.6 Å². The van der Waals surface area contributed by atoms with Crippen molar-refractivity contribution in [1.82, 2.24) is 0 Å². The van der Waals surface area contributed by atoms with Crippen LogP contribution in [0, 0.1) is 23.2 Å². The summed E-state index contributed by atoms with van der Waals surface area (Å²) >= 11 is 0. The number of ether oxygens (including phenoxy) is 2. The van der Waals surface area contributed by atoms with Gasteiger partial charge in [0.15, 0.2) is 0 Å². The summed E-state index contributed by atoms with van der Waals surface area (Å²) < 4.78 is 11.9. The van der Waals surface area contributed by atoms with E-state index in [4.69, 9.17) is 9.47 Å². The molecule has 4 heteroatoms. The van der Waals surface area contributed by atoms with Gasteiger partial charge < -0.3 is 14.4 Å². The van der Waals surface area contributed by atoms with Gasteiger partial charge in [0.2, 0.25) is 0 Å². The van der Waals surface area contributed by atoms with Gasteiger partial charge in [0.05, 0.1) is 19.3 Å². The number of fused-ring (bicyclic) bond motifs is 2. The first-order valence-electron chi connectivity index (χ1n) is 9.47. The van der Waals surface area contributed by atoms with Crippen molar-refractivity contribution in [2.45, 2.75) is 33.8 Å². The van der Waals surface area contributed by atoms with Crippen LogP contribution in [0.2, 0.25) is 0 Å². The van der Waals surface area contributed by atoms with E-state index in [9.17, 15) is 4.79 Å². The molecular weight excluding hydrogens is 326 g/mol. The molecule has 142 valence electrons. The molecule has 1 saturated heterocycles. The van der Waals surface area contributed by atoms with E-state index >= 15 is 0 Å². The Kier molecular flexibility index (Phi) is 5.16. The summed E-state index contributed by atoms with van der Waals surface area (Å²) in [5.41, 5.74) is 3.64. The largest absolute Gasteiger partial charge is 0.465 e. The van der Waals surface area contributed by atoms with Crippen molar-refractivity contribution in [2.24, 2.45) is 23.2 Å². The molecule has 0 radical (unpaired) electrons. The third-order valence-corrected chi connectivity index (χ3v) is 6.53. The highest BCUT2D eigenvalue weighted by Crippen LogP contribution is 2.56. The lowest BCUT2D eigenvalue weighted by Gasteiger charge is -2.55. The van der Waals surface area contributed by atoms with Crippen LogP contribution in [-0.2, 0) is 14.3 Å². The fraction of sp³-hybridized carbons (Fsp3) is 0.591. The Labute approximate surface area is 157 Å². The first-order chi connectivity index (χ1) is 12.3. The Morgan fingerprint density at radius 1 is 1.27 bits per heavy atom. The number of carbonyl (C=O) groups excluding carboxylic acids is 1. The topological polar surface area (TPSA) is 38.8 Å². The van der Waals surface area contributed by atoms with Crippen molar-refractivity contribution >= 4 is 11.7 Å². The van der Waals surface area contributed by atoms with Crippen LogP contribution in [0.1, 0.15) is 39.4 Å². The normalized spacial score (nSPS) is 33.4. The number of anilines is 1. The Morgan fingerprint density at radius 2 is 1.92 bits per heavy atom. The van der Waals surface area contributed by atoms with Gasteiger partial charge in [-0.15, -0.1) is 0 Å². The van der Waals surface area contributed by atoms with Crippen molar-refractivity contribution in [2.75, 3.05) is 32.2 Å². The Morgan fingerprint density at radius 3 is 2.50 bits per heavy atom. The van der Waals surface area contributed by atoms with E-state index in [1.807, 2.05) is 14.1 Å². The number of esters is 1. The SMILES string of the molecule is CC(=O)OC[C@@]12CO[C@H](c3ccc(N(C)C)cc3)[C@@H](C(C)=C[C@H]1C)[C@@H]2C. The molecule has 0 spiro atoms. The molecule has 3 rings (SSSR count). The molecule has 1 aromatic carbocycles. The molecular formula is C22H31NO3. The fourth-order valence-corrected chi connectivity index (χ4v) is 4.76.